The van der Waals surface area contributed by atoms with Gasteiger partial charge in [-0.05, 0) is 25.0 Å². The lowest BCUT2D eigenvalue weighted by Crippen LogP contribution is -2.06. The van der Waals surface area contributed by atoms with Crippen LogP contribution in [0.25, 0.3) is 0 Å². The van der Waals surface area contributed by atoms with E-state index in [9.17, 15) is 5.11 Å². The average molecular weight is 224 g/mol. The predicted octanol–water partition coefficient (Wildman–Crippen LogP) is 2.88. The smallest absolute Gasteiger partial charge is 0.125 e. The molecule has 16 heavy (non-hydrogen) atoms. The first-order chi connectivity index (χ1) is 7.52. The summed E-state index contributed by atoms with van der Waals surface area (Å²) in [5.74, 6) is 1.78. The fourth-order valence-corrected chi connectivity index (χ4v) is 1.98. The van der Waals surface area contributed by atoms with Crippen molar-refractivity contribution in [2.24, 2.45) is 0 Å². The van der Waals surface area contributed by atoms with Crippen molar-refractivity contribution in [3.05, 3.63) is 23.3 Å². The summed E-state index contributed by atoms with van der Waals surface area (Å²) in [6.45, 7) is 5.88. The van der Waals surface area contributed by atoms with Crippen LogP contribution in [0.15, 0.2) is 12.1 Å². The van der Waals surface area contributed by atoms with E-state index in [0.717, 1.165) is 16.9 Å². The van der Waals surface area contributed by atoms with E-state index in [1.54, 1.807) is 21.1 Å². The summed E-state index contributed by atoms with van der Waals surface area (Å²) >= 11 is 0. The highest BCUT2D eigenvalue weighted by Crippen LogP contribution is 2.39. The highest BCUT2D eigenvalue weighted by atomic mass is 16.5. The van der Waals surface area contributed by atoms with Gasteiger partial charge in [0.05, 0.1) is 20.3 Å². The van der Waals surface area contributed by atoms with E-state index in [4.69, 9.17) is 9.47 Å². The van der Waals surface area contributed by atoms with Gasteiger partial charge in [-0.1, -0.05) is 13.8 Å². The first kappa shape index (κ1) is 12.8. The average Bonchev–Trinajstić information content (AvgIpc) is 2.26. The number of ether oxygens (including phenoxy) is 2. The molecule has 0 aromatic heterocycles. The fraction of sp³-hybridized carbons (Fsp3) is 0.538. The Balaban J connectivity index is 3.47. The van der Waals surface area contributed by atoms with E-state index in [0.29, 0.717) is 5.75 Å². The van der Waals surface area contributed by atoms with Crippen molar-refractivity contribution in [1.29, 1.82) is 0 Å². The molecule has 1 aromatic carbocycles. The van der Waals surface area contributed by atoms with E-state index in [1.165, 1.54) is 0 Å². The highest BCUT2D eigenvalue weighted by molar-refractivity contribution is 5.51. The minimum absolute atomic E-state index is 0.273. The zero-order valence-electron chi connectivity index (χ0n) is 10.6. The Morgan fingerprint density at radius 1 is 0.938 bits per heavy atom. The van der Waals surface area contributed by atoms with Crippen LogP contribution in [0.4, 0.5) is 0 Å². The monoisotopic (exact) mass is 224 g/mol. The van der Waals surface area contributed by atoms with Gasteiger partial charge in [-0.25, -0.2) is 0 Å². The molecule has 3 heteroatoms. The summed E-state index contributed by atoms with van der Waals surface area (Å²) in [4.78, 5) is 0. The summed E-state index contributed by atoms with van der Waals surface area (Å²) in [5.41, 5.74) is 1.83. The molecule has 0 aliphatic heterocycles. The number of rotatable bonds is 4. The van der Waals surface area contributed by atoms with Gasteiger partial charge in [0, 0.05) is 11.1 Å². The molecule has 0 bridgehead atoms. The van der Waals surface area contributed by atoms with Crippen LogP contribution in [0, 0.1) is 0 Å². The second kappa shape index (κ2) is 5.21. The highest BCUT2D eigenvalue weighted by Gasteiger charge is 2.20. The molecular formula is C13H20O3. The molecule has 90 valence electrons. The maximum Gasteiger partial charge on any atom is 0.125 e. The molecule has 1 rings (SSSR count). The van der Waals surface area contributed by atoms with Gasteiger partial charge < -0.3 is 14.6 Å². The summed E-state index contributed by atoms with van der Waals surface area (Å²) < 4.78 is 10.6. The standard InChI is InChI=1S/C13H20O3/c1-8(2)12-10(15-4)6-7-11(16-5)13(12)9(3)14/h6-9,14H,1-5H3. The first-order valence-corrected chi connectivity index (χ1v) is 5.45. The number of benzene rings is 1. The maximum absolute atomic E-state index is 9.85. The van der Waals surface area contributed by atoms with Crippen LogP contribution in [-0.2, 0) is 0 Å². The van der Waals surface area contributed by atoms with Crippen molar-refractivity contribution in [2.45, 2.75) is 32.8 Å². The zero-order chi connectivity index (χ0) is 12.3. The van der Waals surface area contributed by atoms with Crippen molar-refractivity contribution in [2.75, 3.05) is 14.2 Å². The number of methoxy groups -OCH3 is 2. The van der Waals surface area contributed by atoms with Gasteiger partial charge in [0.1, 0.15) is 11.5 Å². The van der Waals surface area contributed by atoms with E-state index in [1.807, 2.05) is 12.1 Å². The van der Waals surface area contributed by atoms with Crippen LogP contribution in [0.1, 0.15) is 43.9 Å². The molecule has 1 atom stereocenters. The van der Waals surface area contributed by atoms with Crippen LogP contribution in [-0.4, -0.2) is 19.3 Å². The molecule has 0 spiro atoms. The molecule has 0 radical (unpaired) electrons. The minimum Gasteiger partial charge on any atom is -0.496 e. The quantitative estimate of drug-likeness (QED) is 0.854. The Morgan fingerprint density at radius 3 is 1.69 bits per heavy atom. The molecule has 1 N–H and O–H groups in total. The molecule has 0 aliphatic carbocycles. The van der Waals surface area contributed by atoms with Crippen LogP contribution in [0.3, 0.4) is 0 Å². The third-order valence-electron chi connectivity index (χ3n) is 2.64. The topological polar surface area (TPSA) is 38.7 Å². The van der Waals surface area contributed by atoms with Gasteiger partial charge in [0.15, 0.2) is 0 Å². The van der Waals surface area contributed by atoms with Crippen molar-refractivity contribution >= 4 is 0 Å². The SMILES string of the molecule is COc1ccc(OC)c(C(C)O)c1C(C)C. The Labute approximate surface area is 97.0 Å². The second-order valence-electron chi connectivity index (χ2n) is 4.13. The molecule has 1 unspecified atom stereocenters. The molecule has 0 amide bonds. The molecule has 0 saturated carbocycles. The third-order valence-corrected chi connectivity index (χ3v) is 2.64. The summed E-state index contributed by atoms with van der Waals surface area (Å²) in [6.07, 6.45) is -0.567. The lowest BCUT2D eigenvalue weighted by atomic mass is 9.92. The molecule has 3 nitrogen and oxygen atoms in total. The van der Waals surface area contributed by atoms with Gasteiger partial charge in [-0.2, -0.15) is 0 Å². The molecule has 0 fully saturated rings. The normalized spacial score (nSPS) is 12.7. The van der Waals surface area contributed by atoms with Crippen LogP contribution >= 0.6 is 0 Å². The van der Waals surface area contributed by atoms with Gasteiger partial charge in [0.2, 0.25) is 0 Å². The van der Waals surface area contributed by atoms with Crippen LogP contribution < -0.4 is 9.47 Å². The Morgan fingerprint density at radius 2 is 1.38 bits per heavy atom. The number of hydrogen-bond acceptors (Lipinski definition) is 3. The minimum atomic E-state index is -0.567. The molecule has 0 saturated heterocycles. The lowest BCUT2D eigenvalue weighted by molar-refractivity contribution is 0.192. The van der Waals surface area contributed by atoms with E-state index in [-0.39, 0.29) is 5.92 Å². The lowest BCUT2D eigenvalue weighted by Gasteiger charge is -2.21. The fourth-order valence-electron chi connectivity index (χ4n) is 1.98. The predicted molar refractivity (Wildman–Crippen MR) is 64.3 cm³/mol. The summed E-state index contributed by atoms with van der Waals surface area (Å²) in [6, 6.07) is 3.70. The summed E-state index contributed by atoms with van der Waals surface area (Å²) in [5, 5.41) is 9.85. The number of aliphatic hydroxyl groups excluding tert-OH is 1. The first-order valence-electron chi connectivity index (χ1n) is 5.45. The number of aliphatic hydroxyl groups is 1. The zero-order valence-corrected chi connectivity index (χ0v) is 10.6. The van der Waals surface area contributed by atoms with E-state index < -0.39 is 6.10 Å². The largest absolute Gasteiger partial charge is 0.496 e. The van der Waals surface area contributed by atoms with Crippen molar-refractivity contribution in [3.8, 4) is 11.5 Å². The van der Waals surface area contributed by atoms with Gasteiger partial charge in [-0.3, -0.25) is 0 Å². The van der Waals surface area contributed by atoms with Gasteiger partial charge in [-0.15, -0.1) is 0 Å². The Bertz CT molecular complexity index is 321. The van der Waals surface area contributed by atoms with E-state index in [2.05, 4.69) is 13.8 Å². The molecule has 1 aromatic rings. The van der Waals surface area contributed by atoms with Gasteiger partial charge in [0.25, 0.3) is 0 Å². The Kier molecular flexibility index (Phi) is 4.19. The van der Waals surface area contributed by atoms with Gasteiger partial charge >= 0.3 is 0 Å². The second-order valence-corrected chi connectivity index (χ2v) is 4.13. The van der Waals surface area contributed by atoms with Crippen molar-refractivity contribution in [1.82, 2.24) is 0 Å². The molecule has 0 heterocycles. The maximum atomic E-state index is 9.85. The van der Waals surface area contributed by atoms with Crippen molar-refractivity contribution < 1.29 is 14.6 Å². The molecule has 0 aliphatic rings. The van der Waals surface area contributed by atoms with Crippen LogP contribution in [0.2, 0.25) is 0 Å². The van der Waals surface area contributed by atoms with Crippen molar-refractivity contribution in [3.63, 3.8) is 0 Å². The summed E-state index contributed by atoms with van der Waals surface area (Å²) in [7, 11) is 3.25. The van der Waals surface area contributed by atoms with Crippen LogP contribution in [0.5, 0.6) is 11.5 Å². The van der Waals surface area contributed by atoms with E-state index >= 15 is 0 Å². The number of hydrogen-bond donors (Lipinski definition) is 1. The Hall–Kier alpha value is -1.22. The molecular weight excluding hydrogens is 204 g/mol. The third kappa shape index (κ3) is 2.30.